The minimum Gasteiger partial charge on any atom is -0.200 e. The first kappa shape index (κ1) is 19.0. The molecule has 1 aliphatic carbocycles. The average molecular weight is 413 g/mol. The van der Waals surface area contributed by atoms with Crippen LogP contribution in [0.15, 0.2) is 91.6 Å². The maximum Gasteiger partial charge on any atom is 0.220 e. The fraction of sp³-hybridized carbons (Fsp3) is 0.129. The molecule has 0 bridgehead atoms. The van der Waals surface area contributed by atoms with E-state index in [1.165, 1.54) is 60.6 Å². The zero-order valence-electron chi connectivity index (χ0n) is 18.8. The van der Waals surface area contributed by atoms with E-state index in [1.807, 2.05) is 6.08 Å². The number of rotatable bonds is 2. The first-order valence-corrected chi connectivity index (χ1v) is 11.2. The quantitative estimate of drug-likeness (QED) is 0.210. The average Bonchev–Trinajstić information content (AvgIpc) is 3.04. The molecular formula is C31H26N+. The van der Waals surface area contributed by atoms with Crippen LogP contribution in [0.5, 0.6) is 0 Å². The molecule has 0 saturated heterocycles. The third kappa shape index (κ3) is 2.48. The van der Waals surface area contributed by atoms with Crippen LogP contribution >= 0.6 is 0 Å². The molecule has 0 fully saturated rings. The number of aryl methyl sites for hydroxylation is 1. The van der Waals surface area contributed by atoms with Crippen molar-refractivity contribution in [1.82, 2.24) is 0 Å². The summed E-state index contributed by atoms with van der Waals surface area (Å²) >= 11 is 0. The lowest BCUT2D eigenvalue weighted by Gasteiger charge is -2.22. The molecule has 1 heteroatoms. The molecule has 32 heavy (non-hydrogen) atoms. The molecule has 1 heterocycles. The molecule has 0 N–H and O–H groups in total. The number of aromatic nitrogens is 1. The van der Waals surface area contributed by atoms with Gasteiger partial charge in [-0.15, -0.1) is 0 Å². The topological polar surface area (TPSA) is 3.88 Å². The van der Waals surface area contributed by atoms with Gasteiger partial charge in [0.2, 0.25) is 5.69 Å². The van der Waals surface area contributed by atoms with Gasteiger partial charge in [-0.3, -0.25) is 0 Å². The van der Waals surface area contributed by atoms with Gasteiger partial charge < -0.3 is 0 Å². The summed E-state index contributed by atoms with van der Waals surface area (Å²) in [5.41, 5.74) is 9.09. The van der Waals surface area contributed by atoms with Crippen LogP contribution in [0, 0.1) is 0 Å². The van der Waals surface area contributed by atoms with Crippen molar-refractivity contribution in [1.29, 1.82) is 0 Å². The fourth-order valence-electron chi connectivity index (χ4n) is 5.61. The molecule has 1 nitrogen and oxygen atoms in total. The largest absolute Gasteiger partial charge is 0.220 e. The molecule has 154 valence electrons. The molecule has 1 aliphatic rings. The molecular weight excluding hydrogens is 386 g/mol. The van der Waals surface area contributed by atoms with Gasteiger partial charge in [-0.1, -0.05) is 81.1 Å². The van der Waals surface area contributed by atoms with E-state index in [0.717, 1.165) is 0 Å². The van der Waals surface area contributed by atoms with Crippen LogP contribution in [0.2, 0.25) is 0 Å². The van der Waals surface area contributed by atoms with Crippen molar-refractivity contribution in [2.75, 3.05) is 0 Å². The molecule has 0 spiro atoms. The van der Waals surface area contributed by atoms with Gasteiger partial charge >= 0.3 is 0 Å². The zero-order chi connectivity index (χ0) is 22.0. The second-order valence-electron chi connectivity index (χ2n) is 9.38. The normalized spacial score (nSPS) is 13.8. The molecule has 0 aliphatic heterocycles. The highest BCUT2D eigenvalue weighted by Crippen LogP contribution is 2.50. The lowest BCUT2D eigenvalue weighted by Crippen LogP contribution is -2.30. The molecule has 5 aromatic rings. The Labute approximate surface area is 189 Å². The molecule has 0 amide bonds. The van der Waals surface area contributed by atoms with E-state index >= 15 is 0 Å². The fourth-order valence-corrected chi connectivity index (χ4v) is 5.61. The summed E-state index contributed by atoms with van der Waals surface area (Å²) in [6, 6.07) is 29.0. The Morgan fingerprint density at radius 2 is 1.50 bits per heavy atom. The van der Waals surface area contributed by atoms with Crippen LogP contribution in [0.25, 0.3) is 50.0 Å². The van der Waals surface area contributed by atoms with Crippen LogP contribution in [0.4, 0.5) is 0 Å². The van der Waals surface area contributed by atoms with Crippen molar-refractivity contribution in [3.8, 4) is 22.4 Å². The third-order valence-electron chi connectivity index (χ3n) is 7.27. The minimum absolute atomic E-state index is 0.0145. The first-order valence-electron chi connectivity index (χ1n) is 11.2. The van der Waals surface area contributed by atoms with E-state index in [-0.39, 0.29) is 5.41 Å². The van der Waals surface area contributed by atoms with Gasteiger partial charge in [0.15, 0.2) is 6.20 Å². The minimum atomic E-state index is -0.0145. The van der Waals surface area contributed by atoms with E-state index in [9.17, 15) is 0 Å². The summed E-state index contributed by atoms with van der Waals surface area (Å²) in [5.74, 6) is 0. The van der Waals surface area contributed by atoms with Crippen LogP contribution in [-0.2, 0) is 12.5 Å². The first-order chi connectivity index (χ1) is 15.5. The van der Waals surface area contributed by atoms with Gasteiger partial charge in [0.25, 0.3) is 0 Å². The van der Waals surface area contributed by atoms with Crippen LogP contribution < -0.4 is 4.57 Å². The van der Waals surface area contributed by atoms with Gasteiger partial charge in [0, 0.05) is 16.9 Å². The van der Waals surface area contributed by atoms with E-state index in [4.69, 9.17) is 0 Å². The highest BCUT2D eigenvalue weighted by molar-refractivity contribution is 6.11. The highest BCUT2D eigenvalue weighted by Gasteiger charge is 2.36. The Bertz CT molecular complexity index is 1570. The summed E-state index contributed by atoms with van der Waals surface area (Å²) in [5, 5.41) is 5.11. The summed E-state index contributed by atoms with van der Waals surface area (Å²) in [4.78, 5) is 0. The molecule has 6 rings (SSSR count). The Hall–Kier alpha value is -3.71. The van der Waals surface area contributed by atoms with Gasteiger partial charge in [-0.2, -0.15) is 0 Å². The van der Waals surface area contributed by atoms with E-state index in [0.29, 0.717) is 0 Å². The Morgan fingerprint density at radius 1 is 0.719 bits per heavy atom. The zero-order valence-corrected chi connectivity index (χ0v) is 18.8. The van der Waals surface area contributed by atoms with Crippen molar-refractivity contribution in [3.05, 3.63) is 108 Å². The summed E-state index contributed by atoms with van der Waals surface area (Å²) in [6.07, 6.45) is 4.19. The molecule has 0 atom stereocenters. The summed E-state index contributed by atoms with van der Waals surface area (Å²) < 4.78 is 2.25. The molecule has 0 saturated carbocycles. The Morgan fingerprint density at radius 3 is 2.34 bits per heavy atom. The van der Waals surface area contributed by atoms with Crippen molar-refractivity contribution < 1.29 is 4.57 Å². The molecule has 0 radical (unpaired) electrons. The number of nitrogens with zero attached hydrogens (tertiary/aromatic N) is 1. The predicted molar refractivity (Wildman–Crippen MR) is 136 cm³/mol. The molecule has 4 aromatic carbocycles. The SMILES string of the molecule is C=Cc1cc2c(cc1-c1c3ccc4ccccc4c3cc[n+]1C)-c1ccccc1C2(C)C. The second-order valence-corrected chi connectivity index (χ2v) is 9.38. The Kier molecular flexibility index (Phi) is 3.95. The third-order valence-corrected chi connectivity index (χ3v) is 7.27. The van der Waals surface area contributed by atoms with Crippen molar-refractivity contribution in [2.24, 2.45) is 7.05 Å². The number of pyridine rings is 1. The van der Waals surface area contributed by atoms with Crippen LogP contribution in [-0.4, -0.2) is 0 Å². The van der Waals surface area contributed by atoms with Gasteiger partial charge in [-0.05, 0) is 56.8 Å². The van der Waals surface area contributed by atoms with Crippen molar-refractivity contribution in [3.63, 3.8) is 0 Å². The van der Waals surface area contributed by atoms with Gasteiger partial charge in [0.1, 0.15) is 7.05 Å². The van der Waals surface area contributed by atoms with E-state index in [2.05, 4.69) is 117 Å². The molecule has 0 unspecified atom stereocenters. The van der Waals surface area contributed by atoms with Gasteiger partial charge in [-0.25, -0.2) is 4.57 Å². The maximum absolute atomic E-state index is 4.19. The van der Waals surface area contributed by atoms with Crippen molar-refractivity contribution in [2.45, 2.75) is 19.3 Å². The second kappa shape index (κ2) is 6.64. The summed E-state index contributed by atoms with van der Waals surface area (Å²) in [7, 11) is 2.14. The Balaban J connectivity index is 1.72. The lowest BCUT2D eigenvalue weighted by molar-refractivity contribution is -0.659. The van der Waals surface area contributed by atoms with Gasteiger partial charge in [0.05, 0.1) is 10.9 Å². The van der Waals surface area contributed by atoms with E-state index < -0.39 is 0 Å². The maximum atomic E-state index is 4.19. The van der Waals surface area contributed by atoms with Crippen LogP contribution in [0.1, 0.15) is 30.5 Å². The number of benzene rings is 4. The van der Waals surface area contributed by atoms with Crippen molar-refractivity contribution >= 4 is 27.6 Å². The van der Waals surface area contributed by atoms with E-state index in [1.54, 1.807) is 0 Å². The smallest absolute Gasteiger partial charge is 0.200 e. The summed E-state index contributed by atoms with van der Waals surface area (Å²) in [6.45, 7) is 8.85. The predicted octanol–water partition coefficient (Wildman–Crippen LogP) is 7.43. The lowest BCUT2D eigenvalue weighted by atomic mass is 9.81. The standard InChI is InChI=1S/C31H26N/c1-5-20-18-29-27(24-12-8-9-13-28(24)31(29,2)3)19-26(20)30-25-15-14-21-10-6-7-11-22(21)23(25)16-17-32(30)4/h5-19H,1H2,2-4H3/q+1. The van der Waals surface area contributed by atoms with Crippen LogP contribution in [0.3, 0.4) is 0 Å². The monoisotopic (exact) mass is 412 g/mol. The number of hydrogen-bond donors (Lipinski definition) is 0. The molecule has 1 aromatic heterocycles. The number of fused-ring (bicyclic) bond motifs is 6. The number of hydrogen-bond acceptors (Lipinski definition) is 0. The highest BCUT2D eigenvalue weighted by atomic mass is 14.9.